The maximum absolute atomic E-state index is 12.0. The second-order valence-corrected chi connectivity index (χ2v) is 4.62. The van der Waals surface area contributed by atoms with Crippen LogP contribution in [0.15, 0.2) is 45.7 Å². The van der Waals surface area contributed by atoms with E-state index in [1.54, 1.807) is 17.8 Å². The molecule has 0 fully saturated rings. The van der Waals surface area contributed by atoms with Crippen LogP contribution in [-0.4, -0.2) is 12.2 Å². The van der Waals surface area contributed by atoms with Crippen LogP contribution in [0.25, 0.3) is 0 Å². The Balaban J connectivity index is 2.16. The Bertz CT molecular complexity index is 548. The van der Waals surface area contributed by atoms with Gasteiger partial charge in [0.15, 0.2) is 5.76 Å². The van der Waals surface area contributed by atoms with Crippen LogP contribution >= 0.6 is 11.8 Å². The van der Waals surface area contributed by atoms with Gasteiger partial charge in [0.05, 0.1) is 5.69 Å². The molecule has 0 spiro atoms. The first-order chi connectivity index (χ1) is 8.74. The molecule has 0 bridgehead atoms. The lowest BCUT2D eigenvalue weighted by Gasteiger charge is -2.07. The second kappa shape index (κ2) is 5.78. The zero-order chi connectivity index (χ0) is 13.0. The summed E-state index contributed by atoms with van der Waals surface area (Å²) in [6.07, 6.45) is 2.77. The highest BCUT2D eigenvalue weighted by atomic mass is 32.2. The van der Waals surface area contributed by atoms with Crippen LogP contribution in [0.1, 0.15) is 23.2 Å². The Kier molecular flexibility index (Phi) is 4.10. The average Bonchev–Trinajstić information content (AvgIpc) is 2.88. The summed E-state index contributed by atoms with van der Waals surface area (Å²) in [6, 6.07) is 11.2. The van der Waals surface area contributed by atoms with Crippen molar-refractivity contribution in [2.45, 2.75) is 18.2 Å². The Morgan fingerprint density at radius 1 is 1.28 bits per heavy atom. The maximum atomic E-state index is 12.0. The quantitative estimate of drug-likeness (QED) is 0.851. The zero-order valence-corrected chi connectivity index (χ0v) is 11.2. The highest BCUT2D eigenvalue weighted by Gasteiger charge is 2.12. The molecule has 0 saturated heterocycles. The number of amides is 1. The van der Waals surface area contributed by atoms with Crippen molar-refractivity contribution in [2.75, 3.05) is 11.6 Å². The molecule has 2 rings (SSSR count). The van der Waals surface area contributed by atoms with E-state index < -0.39 is 0 Å². The van der Waals surface area contributed by atoms with Crippen molar-refractivity contribution in [2.24, 2.45) is 0 Å². The molecule has 1 N–H and O–H groups in total. The van der Waals surface area contributed by atoms with E-state index in [2.05, 4.69) is 5.32 Å². The topological polar surface area (TPSA) is 42.2 Å². The van der Waals surface area contributed by atoms with Crippen molar-refractivity contribution in [3.05, 3.63) is 47.9 Å². The van der Waals surface area contributed by atoms with Crippen LogP contribution < -0.4 is 5.32 Å². The molecular weight excluding hydrogens is 246 g/mol. The summed E-state index contributed by atoms with van der Waals surface area (Å²) in [5.74, 6) is 0.956. The van der Waals surface area contributed by atoms with Gasteiger partial charge in [0.2, 0.25) is 0 Å². The lowest BCUT2D eigenvalue weighted by molar-refractivity contribution is 0.0995. The number of para-hydroxylation sites is 1. The van der Waals surface area contributed by atoms with Gasteiger partial charge in [-0.3, -0.25) is 4.79 Å². The maximum Gasteiger partial charge on any atom is 0.291 e. The van der Waals surface area contributed by atoms with Gasteiger partial charge in [-0.1, -0.05) is 19.1 Å². The largest absolute Gasteiger partial charge is 0.456 e. The molecular formula is C14H15NO2S. The fraction of sp³-hybridized carbons (Fsp3) is 0.214. The molecule has 0 aliphatic carbocycles. The third-order valence-electron chi connectivity index (χ3n) is 2.59. The fourth-order valence-electron chi connectivity index (χ4n) is 1.62. The number of carbonyl (C=O) groups excluding carboxylic acids is 1. The number of thioether (sulfide) groups is 1. The van der Waals surface area contributed by atoms with E-state index in [-0.39, 0.29) is 5.91 Å². The lowest BCUT2D eigenvalue weighted by atomic mass is 10.3. The minimum absolute atomic E-state index is 0.212. The van der Waals surface area contributed by atoms with Crippen LogP contribution in [0.2, 0.25) is 0 Å². The van der Waals surface area contributed by atoms with E-state index in [9.17, 15) is 4.79 Å². The van der Waals surface area contributed by atoms with E-state index in [1.807, 2.05) is 43.5 Å². The van der Waals surface area contributed by atoms with E-state index in [1.165, 1.54) is 0 Å². The molecule has 4 heteroatoms. The number of benzene rings is 1. The first-order valence-corrected chi connectivity index (χ1v) is 7.00. The van der Waals surface area contributed by atoms with Crippen molar-refractivity contribution in [1.29, 1.82) is 0 Å². The Hall–Kier alpha value is -1.68. The smallest absolute Gasteiger partial charge is 0.291 e. The molecule has 0 atom stereocenters. The van der Waals surface area contributed by atoms with Gasteiger partial charge in [0.25, 0.3) is 5.91 Å². The molecule has 3 nitrogen and oxygen atoms in total. The van der Waals surface area contributed by atoms with Crippen molar-refractivity contribution in [1.82, 2.24) is 0 Å². The van der Waals surface area contributed by atoms with Crippen LogP contribution in [0.3, 0.4) is 0 Å². The molecule has 0 unspecified atom stereocenters. The highest BCUT2D eigenvalue weighted by molar-refractivity contribution is 7.98. The zero-order valence-electron chi connectivity index (χ0n) is 10.4. The number of anilines is 1. The lowest BCUT2D eigenvalue weighted by Crippen LogP contribution is -2.11. The van der Waals surface area contributed by atoms with Crippen LogP contribution in [0.4, 0.5) is 5.69 Å². The first-order valence-electron chi connectivity index (χ1n) is 5.77. The molecule has 0 saturated carbocycles. The molecule has 0 aliphatic heterocycles. The highest BCUT2D eigenvalue weighted by Crippen LogP contribution is 2.25. The molecule has 18 heavy (non-hydrogen) atoms. The number of hydrogen-bond acceptors (Lipinski definition) is 3. The van der Waals surface area contributed by atoms with E-state index in [0.29, 0.717) is 5.76 Å². The van der Waals surface area contributed by atoms with Crippen LogP contribution in [0.5, 0.6) is 0 Å². The molecule has 1 heterocycles. The number of carbonyl (C=O) groups is 1. The predicted molar refractivity (Wildman–Crippen MR) is 74.3 cm³/mol. The van der Waals surface area contributed by atoms with Crippen LogP contribution in [-0.2, 0) is 6.42 Å². The molecule has 1 aromatic carbocycles. The third-order valence-corrected chi connectivity index (χ3v) is 3.38. The van der Waals surface area contributed by atoms with Gasteiger partial charge >= 0.3 is 0 Å². The number of furan rings is 1. The van der Waals surface area contributed by atoms with Gasteiger partial charge in [0.1, 0.15) is 5.76 Å². The normalized spacial score (nSPS) is 10.3. The summed E-state index contributed by atoms with van der Waals surface area (Å²) in [5, 5.41) is 2.86. The Morgan fingerprint density at radius 3 is 2.72 bits per heavy atom. The number of hydrogen-bond donors (Lipinski definition) is 1. The van der Waals surface area contributed by atoms with Gasteiger partial charge in [-0.2, -0.15) is 0 Å². The van der Waals surface area contributed by atoms with Gasteiger partial charge in [-0.25, -0.2) is 0 Å². The van der Waals surface area contributed by atoms with Gasteiger partial charge in [0, 0.05) is 11.3 Å². The summed E-state index contributed by atoms with van der Waals surface area (Å²) in [4.78, 5) is 13.0. The van der Waals surface area contributed by atoms with Gasteiger partial charge in [-0.05, 0) is 30.5 Å². The molecule has 2 aromatic rings. The van der Waals surface area contributed by atoms with Crippen molar-refractivity contribution in [3.63, 3.8) is 0 Å². The predicted octanol–water partition coefficient (Wildman–Crippen LogP) is 3.82. The van der Waals surface area contributed by atoms with Crippen molar-refractivity contribution in [3.8, 4) is 0 Å². The third kappa shape index (κ3) is 2.76. The molecule has 0 radical (unpaired) electrons. The van der Waals surface area contributed by atoms with Crippen molar-refractivity contribution < 1.29 is 9.21 Å². The average molecular weight is 261 g/mol. The summed E-state index contributed by atoms with van der Waals surface area (Å²) in [7, 11) is 0. The minimum atomic E-state index is -0.212. The SMILES string of the molecule is CCc1ccc(C(=O)Nc2ccccc2SC)o1. The van der Waals surface area contributed by atoms with Crippen molar-refractivity contribution >= 4 is 23.4 Å². The molecule has 1 amide bonds. The summed E-state index contributed by atoms with van der Waals surface area (Å²) in [5.41, 5.74) is 0.810. The van der Waals surface area contributed by atoms with E-state index in [0.717, 1.165) is 22.8 Å². The summed E-state index contributed by atoms with van der Waals surface area (Å²) >= 11 is 1.60. The molecule has 1 aromatic heterocycles. The van der Waals surface area contributed by atoms with Gasteiger partial charge in [-0.15, -0.1) is 11.8 Å². The summed E-state index contributed by atoms with van der Waals surface area (Å²) in [6.45, 7) is 1.99. The molecule has 94 valence electrons. The number of nitrogens with one attached hydrogen (secondary N) is 1. The fourth-order valence-corrected chi connectivity index (χ4v) is 2.18. The Labute approximate surface area is 111 Å². The Morgan fingerprint density at radius 2 is 2.06 bits per heavy atom. The minimum Gasteiger partial charge on any atom is -0.456 e. The van der Waals surface area contributed by atoms with Gasteiger partial charge < -0.3 is 9.73 Å². The summed E-state index contributed by atoms with van der Waals surface area (Å²) < 4.78 is 5.42. The standard InChI is InChI=1S/C14H15NO2S/c1-3-10-8-9-12(17-10)14(16)15-11-6-4-5-7-13(11)18-2/h4-9H,3H2,1-2H3,(H,15,16). The van der Waals surface area contributed by atoms with Crippen LogP contribution in [0, 0.1) is 0 Å². The first kappa shape index (κ1) is 12.8. The monoisotopic (exact) mass is 261 g/mol. The number of aryl methyl sites for hydroxylation is 1. The number of rotatable bonds is 4. The molecule has 0 aliphatic rings. The second-order valence-electron chi connectivity index (χ2n) is 3.77. The van der Waals surface area contributed by atoms with E-state index >= 15 is 0 Å². The van der Waals surface area contributed by atoms with E-state index in [4.69, 9.17) is 4.42 Å².